The number of aliphatic carboxylic acids is 1. The molecule has 322 valence electrons. The van der Waals surface area contributed by atoms with Gasteiger partial charge in [0, 0.05) is 12.8 Å². The quantitative estimate of drug-likeness (QED) is 0.0216. The van der Waals surface area contributed by atoms with Gasteiger partial charge < -0.3 is 28.5 Å². The van der Waals surface area contributed by atoms with Crippen molar-refractivity contribution in [3.63, 3.8) is 0 Å². The van der Waals surface area contributed by atoms with Gasteiger partial charge in [-0.05, 0) is 51.4 Å². The fourth-order valence-corrected chi connectivity index (χ4v) is 5.63. The van der Waals surface area contributed by atoms with Crippen molar-refractivity contribution in [2.45, 2.75) is 174 Å². The molecule has 9 nitrogen and oxygen atoms in total. The van der Waals surface area contributed by atoms with Gasteiger partial charge in [-0.25, -0.2) is 4.79 Å². The number of hydrogen-bond donors (Lipinski definition) is 1. The average molecular weight is 789 g/mol. The van der Waals surface area contributed by atoms with Crippen molar-refractivity contribution in [1.29, 1.82) is 0 Å². The van der Waals surface area contributed by atoms with Crippen molar-refractivity contribution < 1.29 is 42.9 Å². The number of carbonyl (C=O) groups excluding carboxylic acids is 2. The summed E-state index contributed by atoms with van der Waals surface area (Å²) in [5.41, 5.74) is 0. The number of hydrogen-bond acceptors (Lipinski definition) is 7. The zero-order valence-electron chi connectivity index (χ0n) is 36.3. The largest absolute Gasteiger partial charge is 0.477 e. The van der Waals surface area contributed by atoms with Crippen LogP contribution in [-0.4, -0.2) is 87.4 Å². The van der Waals surface area contributed by atoms with E-state index in [1.807, 2.05) is 21.1 Å². The van der Waals surface area contributed by atoms with E-state index in [0.29, 0.717) is 23.9 Å². The summed E-state index contributed by atoms with van der Waals surface area (Å²) in [6, 6.07) is 0. The van der Waals surface area contributed by atoms with Gasteiger partial charge in [-0.15, -0.1) is 0 Å². The summed E-state index contributed by atoms with van der Waals surface area (Å²) in [6.45, 7) is 4.68. The van der Waals surface area contributed by atoms with Crippen LogP contribution in [0, 0.1) is 0 Å². The highest BCUT2D eigenvalue weighted by Crippen LogP contribution is 2.14. The Labute approximate surface area is 342 Å². The van der Waals surface area contributed by atoms with Crippen LogP contribution >= 0.6 is 0 Å². The van der Waals surface area contributed by atoms with E-state index in [1.165, 1.54) is 70.6 Å². The number of likely N-dealkylation sites (N-methyl/N-ethyl adjacent to an activating group) is 1. The Morgan fingerprint density at radius 1 is 0.554 bits per heavy atom. The van der Waals surface area contributed by atoms with Crippen LogP contribution in [-0.2, 0) is 33.3 Å². The Morgan fingerprint density at radius 2 is 1.02 bits per heavy atom. The summed E-state index contributed by atoms with van der Waals surface area (Å²) in [4.78, 5) is 37.0. The molecule has 0 aromatic heterocycles. The highest BCUT2D eigenvalue weighted by molar-refractivity contribution is 5.71. The zero-order chi connectivity index (χ0) is 41.4. The second-order valence-corrected chi connectivity index (χ2v) is 15.6. The molecule has 1 N–H and O–H groups in total. The summed E-state index contributed by atoms with van der Waals surface area (Å²) in [5.74, 6) is -2.09. The Kier molecular flexibility index (Phi) is 36.8. The van der Waals surface area contributed by atoms with Crippen molar-refractivity contribution >= 4 is 17.9 Å². The van der Waals surface area contributed by atoms with Crippen LogP contribution < -0.4 is 0 Å². The fourth-order valence-electron chi connectivity index (χ4n) is 5.63. The van der Waals surface area contributed by atoms with Crippen LogP contribution in [0.2, 0.25) is 0 Å². The molecule has 0 rings (SSSR count). The molecule has 0 amide bonds. The normalized spacial score (nSPS) is 13.5. The maximum atomic E-state index is 12.7. The Morgan fingerprint density at radius 3 is 1.50 bits per heavy atom. The molecule has 0 fully saturated rings. The number of carboxylic acid groups (broad SMARTS) is 1. The Balaban J connectivity index is 4.56. The summed E-state index contributed by atoms with van der Waals surface area (Å²) in [7, 11) is 5.93. The summed E-state index contributed by atoms with van der Waals surface area (Å²) in [6.07, 6.45) is 42.9. The van der Waals surface area contributed by atoms with E-state index in [4.69, 9.17) is 18.9 Å². The second-order valence-electron chi connectivity index (χ2n) is 15.6. The number of allylic oxidation sites excluding steroid dienone is 10. The summed E-state index contributed by atoms with van der Waals surface area (Å²) < 4.78 is 22.6. The number of carbonyl (C=O) groups is 3. The third-order valence-electron chi connectivity index (χ3n) is 9.04. The lowest BCUT2D eigenvalue weighted by Crippen LogP contribution is -2.40. The van der Waals surface area contributed by atoms with Crippen LogP contribution in [0.1, 0.15) is 162 Å². The number of quaternary nitrogens is 1. The van der Waals surface area contributed by atoms with E-state index in [0.717, 1.165) is 57.8 Å². The van der Waals surface area contributed by atoms with E-state index in [-0.39, 0.29) is 32.2 Å². The molecule has 0 bridgehead atoms. The Hall–Kier alpha value is -3.01. The first-order valence-corrected chi connectivity index (χ1v) is 22.0. The molecule has 0 radical (unpaired) electrons. The van der Waals surface area contributed by atoms with Gasteiger partial charge in [0.2, 0.25) is 0 Å². The minimum absolute atomic E-state index is 0.175. The van der Waals surface area contributed by atoms with Crippen molar-refractivity contribution in [3.8, 4) is 0 Å². The predicted octanol–water partition coefficient (Wildman–Crippen LogP) is 11.4. The van der Waals surface area contributed by atoms with Crippen molar-refractivity contribution in [3.05, 3.63) is 60.8 Å². The van der Waals surface area contributed by atoms with E-state index in [1.54, 1.807) is 0 Å². The molecule has 2 unspecified atom stereocenters. The van der Waals surface area contributed by atoms with E-state index in [9.17, 15) is 19.5 Å². The molecule has 0 heterocycles. The topological polar surface area (TPSA) is 108 Å². The lowest BCUT2D eigenvalue weighted by molar-refractivity contribution is -0.870. The van der Waals surface area contributed by atoms with Gasteiger partial charge in [0.1, 0.15) is 13.2 Å². The summed E-state index contributed by atoms with van der Waals surface area (Å²) in [5, 5.41) is 9.62. The maximum Gasteiger partial charge on any atom is 0.361 e. The predicted molar refractivity (Wildman–Crippen MR) is 230 cm³/mol. The lowest BCUT2D eigenvalue weighted by Gasteiger charge is -2.25. The monoisotopic (exact) mass is 789 g/mol. The van der Waals surface area contributed by atoms with Crippen LogP contribution in [0.15, 0.2) is 60.8 Å². The Bertz CT molecular complexity index is 1100. The van der Waals surface area contributed by atoms with Crippen molar-refractivity contribution in [2.75, 3.05) is 47.5 Å². The maximum absolute atomic E-state index is 12.7. The van der Waals surface area contributed by atoms with Crippen LogP contribution in [0.4, 0.5) is 0 Å². The third kappa shape index (κ3) is 39.2. The molecular formula is C47H82NO8+. The van der Waals surface area contributed by atoms with Crippen molar-refractivity contribution in [1.82, 2.24) is 0 Å². The molecule has 0 saturated carbocycles. The van der Waals surface area contributed by atoms with Crippen molar-refractivity contribution in [2.24, 2.45) is 0 Å². The van der Waals surface area contributed by atoms with Gasteiger partial charge in [0.15, 0.2) is 6.10 Å². The van der Waals surface area contributed by atoms with Crippen LogP contribution in [0.3, 0.4) is 0 Å². The second kappa shape index (κ2) is 38.8. The summed E-state index contributed by atoms with van der Waals surface area (Å²) >= 11 is 0. The molecular weight excluding hydrogens is 707 g/mol. The van der Waals surface area contributed by atoms with Crippen LogP contribution in [0.25, 0.3) is 0 Å². The fraction of sp³-hybridized carbons (Fsp3) is 0.723. The number of rotatable bonds is 39. The zero-order valence-corrected chi connectivity index (χ0v) is 36.3. The molecule has 56 heavy (non-hydrogen) atoms. The van der Waals surface area contributed by atoms with Crippen LogP contribution in [0.5, 0.6) is 0 Å². The molecule has 0 aliphatic rings. The molecule has 0 saturated heterocycles. The number of esters is 2. The van der Waals surface area contributed by atoms with Gasteiger partial charge in [-0.2, -0.15) is 0 Å². The minimum atomic E-state index is -1.52. The smallest absolute Gasteiger partial charge is 0.361 e. The molecule has 0 aliphatic carbocycles. The van der Waals surface area contributed by atoms with Gasteiger partial charge in [-0.3, -0.25) is 9.59 Å². The molecule has 0 aliphatic heterocycles. The number of unbranched alkanes of at least 4 members (excludes halogenated alkanes) is 14. The highest BCUT2D eigenvalue weighted by Gasteiger charge is 2.25. The molecule has 0 aromatic rings. The third-order valence-corrected chi connectivity index (χ3v) is 9.04. The number of nitrogens with zero attached hydrogens (tertiary/aromatic N) is 1. The number of carboxylic acids is 1. The van der Waals surface area contributed by atoms with Gasteiger partial charge in [0.05, 0.1) is 34.4 Å². The first-order valence-electron chi connectivity index (χ1n) is 22.0. The highest BCUT2D eigenvalue weighted by atomic mass is 16.7. The van der Waals surface area contributed by atoms with E-state index in [2.05, 4.69) is 74.6 Å². The lowest BCUT2D eigenvalue weighted by atomic mass is 10.0. The van der Waals surface area contributed by atoms with E-state index >= 15 is 0 Å². The first-order chi connectivity index (χ1) is 27.1. The van der Waals surface area contributed by atoms with Gasteiger partial charge >= 0.3 is 17.9 Å². The number of ether oxygens (including phenoxy) is 4. The molecule has 0 aromatic carbocycles. The van der Waals surface area contributed by atoms with Gasteiger partial charge in [-0.1, -0.05) is 158 Å². The molecule has 2 atom stereocenters. The minimum Gasteiger partial charge on any atom is -0.477 e. The molecule has 9 heteroatoms. The van der Waals surface area contributed by atoms with E-state index < -0.39 is 24.3 Å². The standard InChI is InChI=1S/C47H81NO8/c1-6-8-10-12-14-16-18-20-22-23-24-26-28-30-32-34-36-38-45(50)56-43(42-55-47(46(51)52)53-40-39-48(3,4)5)41-54-44(49)37-35-33-31-29-27-25-21-19-17-15-13-11-9-7-2/h8,10,14,16,20,22,24,26,30,32,43,47H,6-7,9,11-13,15,17-19,21,23,25,27-29,31,33-42H2,1-5H3/p+1/b10-8-,16-14-,22-20-,26-24-,32-30-. The molecule has 0 spiro atoms. The van der Waals surface area contributed by atoms with Gasteiger partial charge in [0.25, 0.3) is 6.29 Å². The average Bonchev–Trinajstić information content (AvgIpc) is 3.15. The SMILES string of the molecule is CC/C=C\C/C=C\C/C=C\C/C=C\C/C=C\CCCC(=O)OC(COC(=O)CCCCCCCCCCCCCCCC)COC(OCC[N+](C)(C)C)C(=O)O. The first kappa shape index (κ1) is 53.0.